The minimum atomic E-state index is -0.625. The van der Waals surface area contributed by atoms with Gasteiger partial charge in [0.25, 0.3) is 0 Å². The van der Waals surface area contributed by atoms with Gasteiger partial charge in [0.2, 0.25) is 0 Å². The van der Waals surface area contributed by atoms with Gasteiger partial charge in [-0.15, -0.1) is 0 Å². The molecule has 4 nitrogen and oxygen atoms in total. The van der Waals surface area contributed by atoms with Gasteiger partial charge in [0.1, 0.15) is 0 Å². The first kappa shape index (κ1) is 16.9. The van der Waals surface area contributed by atoms with Crippen molar-refractivity contribution in [3.05, 3.63) is 34.3 Å². The Balaban J connectivity index is 1.96. The van der Waals surface area contributed by atoms with E-state index in [1.54, 1.807) is 0 Å². The van der Waals surface area contributed by atoms with Crippen molar-refractivity contribution < 1.29 is 5.11 Å². The van der Waals surface area contributed by atoms with Gasteiger partial charge in [0.15, 0.2) is 0 Å². The van der Waals surface area contributed by atoms with Crippen LogP contribution in [0.4, 0.5) is 0 Å². The lowest BCUT2D eigenvalue weighted by atomic mass is 10.0. The molecule has 0 aliphatic carbocycles. The van der Waals surface area contributed by atoms with Crippen LogP contribution in [-0.2, 0) is 0 Å². The largest absolute Gasteiger partial charge is 0.389 e. The second kappa shape index (κ2) is 7.20. The lowest BCUT2D eigenvalue weighted by Crippen LogP contribution is -2.52. The van der Waals surface area contributed by atoms with Crippen LogP contribution in [0.2, 0.25) is 0 Å². The van der Waals surface area contributed by atoms with E-state index in [2.05, 4.69) is 43.9 Å². The van der Waals surface area contributed by atoms with E-state index in [4.69, 9.17) is 5.73 Å². The molecule has 1 atom stereocenters. The maximum atomic E-state index is 9.92. The van der Waals surface area contributed by atoms with Gasteiger partial charge in [-0.05, 0) is 31.5 Å². The summed E-state index contributed by atoms with van der Waals surface area (Å²) in [6.07, 6.45) is 0. The number of halogens is 1. The molecule has 0 spiro atoms. The minimum absolute atomic E-state index is 0.270. The predicted octanol–water partition coefficient (Wildman–Crippen LogP) is 1.84. The van der Waals surface area contributed by atoms with E-state index < -0.39 is 5.60 Å². The molecular formula is C16H26BrN3O. The number of nitrogens with zero attached hydrogens (tertiary/aromatic N) is 2. The molecule has 1 saturated heterocycles. The summed E-state index contributed by atoms with van der Waals surface area (Å²) in [6, 6.07) is 8.67. The fourth-order valence-electron chi connectivity index (χ4n) is 2.99. The van der Waals surface area contributed by atoms with Crippen LogP contribution in [0.15, 0.2) is 28.7 Å². The molecule has 0 saturated carbocycles. The van der Waals surface area contributed by atoms with E-state index in [0.717, 1.165) is 37.2 Å². The molecule has 2 rings (SSSR count). The molecule has 0 radical (unpaired) electrons. The molecule has 0 bridgehead atoms. The molecule has 0 amide bonds. The van der Waals surface area contributed by atoms with Gasteiger partial charge in [0, 0.05) is 49.8 Å². The van der Waals surface area contributed by atoms with Gasteiger partial charge in [-0.25, -0.2) is 0 Å². The summed E-state index contributed by atoms with van der Waals surface area (Å²) in [6.45, 7) is 9.03. The van der Waals surface area contributed by atoms with E-state index >= 15 is 0 Å². The standard InChI is InChI=1S/C16H26BrN3O/c1-16(2,21)12-19-6-8-20(9-7-19)15(11-18)13-4-3-5-14(17)10-13/h3-5,10,15,21H,6-9,11-12,18H2,1-2H3. The fourth-order valence-corrected chi connectivity index (χ4v) is 3.41. The Morgan fingerprint density at radius 3 is 2.48 bits per heavy atom. The summed E-state index contributed by atoms with van der Waals surface area (Å²) in [7, 11) is 0. The van der Waals surface area contributed by atoms with Crippen molar-refractivity contribution >= 4 is 15.9 Å². The Morgan fingerprint density at radius 1 is 1.29 bits per heavy atom. The van der Waals surface area contributed by atoms with Crippen molar-refractivity contribution in [2.45, 2.75) is 25.5 Å². The zero-order valence-electron chi connectivity index (χ0n) is 12.9. The number of rotatable bonds is 5. The third-order valence-electron chi connectivity index (χ3n) is 3.91. The lowest BCUT2D eigenvalue weighted by molar-refractivity contribution is 0.0113. The van der Waals surface area contributed by atoms with Crippen molar-refractivity contribution in [2.24, 2.45) is 5.73 Å². The summed E-state index contributed by atoms with van der Waals surface area (Å²) >= 11 is 3.53. The average Bonchev–Trinajstić information content (AvgIpc) is 2.40. The molecule has 1 aliphatic heterocycles. The van der Waals surface area contributed by atoms with E-state index in [1.165, 1.54) is 5.56 Å². The number of hydrogen-bond acceptors (Lipinski definition) is 4. The molecule has 118 valence electrons. The highest BCUT2D eigenvalue weighted by atomic mass is 79.9. The molecule has 1 aromatic carbocycles. The second-order valence-corrected chi connectivity index (χ2v) is 7.35. The van der Waals surface area contributed by atoms with Crippen molar-refractivity contribution in [1.29, 1.82) is 0 Å². The maximum Gasteiger partial charge on any atom is 0.0718 e. The zero-order valence-corrected chi connectivity index (χ0v) is 14.5. The molecule has 1 unspecified atom stereocenters. The van der Waals surface area contributed by atoms with Crippen LogP contribution in [0.3, 0.4) is 0 Å². The lowest BCUT2D eigenvalue weighted by Gasteiger charge is -2.40. The van der Waals surface area contributed by atoms with Crippen LogP contribution in [0.25, 0.3) is 0 Å². The number of β-amino-alcohol motifs (C(OH)–C–C–N with tert-alkyl or cyclic N) is 1. The predicted molar refractivity (Wildman–Crippen MR) is 90.2 cm³/mol. The van der Waals surface area contributed by atoms with Crippen molar-refractivity contribution in [3.8, 4) is 0 Å². The molecular weight excluding hydrogens is 330 g/mol. The second-order valence-electron chi connectivity index (χ2n) is 6.43. The van der Waals surface area contributed by atoms with Crippen LogP contribution in [-0.4, -0.2) is 59.8 Å². The summed E-state index contributed by atoms with van der Waals surface area (Å²) in [5.41, 5.74) is 6.65. The van der Waals surface area contributed by atoms with E-state index in [9.17, 15) is 5.11 Å². The van der Waals surface area contributed by atoms with Crippen LogP contribution < -0.4 is 5.73 Å². The number of benzene rings is 1. The average molecular weight is 356 g/mol. The van der Waals surface area contributed by atoms with Crippen molar-refractivity contribution in [3.63, 3.8) is 0 Å². The monoisotopic (exact) mass is 355 g/mol. The summed E-state index contributed by atoms with van der Waals surface area (Å²) in [5.74, 6) is 0. The van der Waals surface area contributed by atoms with E-state index in [1.807, 2.05) is 19.9 Å². The molecule has 3 N–H and O–H groups in total. The van der Waals surface area contributed by atoms with Crippen LogP contribution in [0.1, 0.15) is 25.5 Å². The van der Waals surface area contributed by atoms with Crippen molar-refractivity contribution in [2.75, 3.05) is 39.3 Å². The number of piperazine rings is 1. The molecule has 1 aliphatic rings. The van der Waals surface area contributed by atoms with Gasteiger partial charge in [-0.3, -0.25) is 9.80 Å². The quantitative estimate of drug-likeness (QED) is 0.845. The third-order valence-corrected chi connectivity index (χ3v) is 4.41. The Labute approximate surface area is 136 Å². The summed E-state index contributed by atoms with van der Waals surface area (Å²) < 4.78 is 1.10. The summed E-state index contributed by atoms with van der Waals surface area (Å²) in [4.78, 5) is 4.77. The number of hydrogen-bond donors (Lipinski definition) is 2. The SMILES string of the molecule is CC(C)(O)CN1CCN(C(CN)c2cccc(Br)c2)CC1. The zero-order chi connectivity index (χ0) is 15.5. The van der Waals surface area contributed by atoms with Gasteiger partial charge in [-0.2, -0.15) is 0 Å². The van der Waals surface area contributed by atoms with Gasteiger partial charge >= 0.3 is 0 Å². The third kappa shape index (κ3) is 5.04. The normalized spacial score (nSPS) is 19.7. The highest BCUT2D eigenvalue weighted by Gasteiger charge is 2.26. The van der Waals surface area contributed by atoms with Crippen molar-refractivity contribution in [1.82, 2.24) is 9.80 Å². The smallest absolute Gasteiger partial charge is 0.0718 e. The van der Waals surface area contributed by atoms with E-state index in [-0.39, 0.29) is 6.04 Å². The van der Waals surface area contributed by atoms with Crippen LogP contribution in [0.5, 0.6) is 0 Å². The molecule has 1 heterocycles. The molecule has 1 aromatic rings. The molecule has 1 fully saturated rings. The van der Waals surface area contributed by atoms with Gasteiger partial charge < -0.3 is 10.8 Å². The highest BCUT2D eigenvalue weighted by molar-refractivity contribution is 9.10. The molecule has 0 aromatic heterocycles. The van der Waals surface area contributed by atoms with E-state index in [0.29, 0.717) is 6.54 Å². The Bertz CT molecular complexity index is 453. The Kier molecular flexibility index (Phi) is 5.80. The topological polar surface area (TPSA) is 52.7 Å². The first-order valence-corrected chi connectivity index (χ1v) is 8.33. The number of aliphatic hydroxyl groups is 1. The fraction of sp³-hybridized carbons (Fsp3) is 0.625. The van der Waals surface area contributed by atoms with Crippen LogP contribution in [0, 0.1) is 0 Å². The first-order chi connectivity index (χ1) is 9.89. The maximum absolute atomic E-state index is 9.92. The molecule has 21 heavy (non-hydrogen) atoms. The van der Waals surface area contributed by atoms with Gasteiger partial charge in [-0.1, -0.05) is 28.1 Å². The van der Waals surface area contributed by atoms with Gasteiger partial charge in [0.05, 0.1) is 5.60 Å². The Hall–Kier alpha value is -0.460. The summed E-state index contributed by atoms with van der Waals surface area (Å²) in [5, 5.41) is 9.92. The molecule has 5 heteroatoms. The minimum Gasteiger partial charge on any atom is -0.389 e. The number of nitrogens with two attached hydrogens (primary N) is 1. The Morgan fingerprint density at radius 2 is 1.95 bits per heavy atom. The first-order valence-electron chi connectivity index (χ1n) is 7.53. The van der Waals surface area contributed by atoms with Crippen LogP contribution >= 0.6 is 15.9 Å². The highest BCUT2D eigenvalue weighted by Crippen LogP contribution is 2.24.